The molecule has 3 aromatic rings. The lowest BCUT2D eigenvalue weighted by atomic mass is 10.0. The molecule has 0 spiro atoms. The van der Waals surface area contributed by atoms with Crippen molar-refractivity contribution in [1.82, 2.24) is 14.8 Å². The number of anilines is 1. The lowest BCUT2D eigenvalue weighted by Crippen LogP contribution is -2.16. The number of amides is 1. The molecule has 3 rings (SSSR count). The molecule has 0 atom stereocenters. The maximum absolute atomic E-state index is 12.7. The Morgan fingerprint density at radius 3 is 2.45 bits per heavy atom. The van der Waals surface area contributed by atoms with E-state index in [0.717, 1.165) is 21.8 Å². The second kappa shape index (κ2) is 11.0. The number of hydrogen-bond donors (Lipinski definition) is 1. The normalized spacial score (nSPS) is 11.1. The lowest BCUT2D eigenvalue weighted by Gasteiger charge is -2.09. The minimum atomic E-state index is -0.432. The molecule has 0 unspecified atom stereocenters. The Balaban J connectivity index is 1.73. The van der Waals surface area contributed by atoms with Crippen molar-refractivity contribution in [3.8, 4) is 11.4 Å². The highest BCUT2D eigenvalue weighted by atomic mass is 32.2. The van der Waals surface area contributed by atoms with Crippen molar-refractivity contribution in [2.45, 2.75) is 58.7 Å². The number of thioether (sulfide) groups is 1. The first-order valence-corrected chi connectivity index (χ1v) is 12.8. The maximum Gasteiger partial charge on any atom is 0.341 e. The number of hydrogen-bond acceptors (Lipinski definition) is 7. The molecule has 2 heterocycles. The Labute approximate surface area is 203 Å². The molecule has 1 amide bonds. The fourth-order valence-electron chi connectivity index (χ4n) is 3.61. The number of nitrogens with one attached hydrogen (secondary N) is 1. The van der Waals surface area contributed by atoms with Crippen LogP contribution in [0.25, 0.3) is 11.4 Å². The summed E-state index contributed by atoms with van der Waals surface area (Å²) >= 11 is 2.72. The number of benzene rings is 1. The Hall–Kier alpha value is -2.65. The Bertz CT molecular complexity index is 1130. The second-order valence-electron chi connectivity index (χ2n) is 7.85. The third-order valence-electron chi connectivity index (χ3n) is 5.41. The van der Waals surface area contributed by atoms with Crippen LogP contribution in [-0.2, 0) is 22.5 Å². The molecule has 33 heavy (non-hydrogen) atoms. The highest BCUT2D eigenvalue weighted by Gasteiger charge is 2.23. The van der Waals surface area contributed by atoms with Crippen molar-refractivity contribution in [2.24, 2.45) is 0 Å². The van der Waals surface area contributed by atoms with Gasteiger partial charge in [-0.2, -0.15) is 0 Å². The van der Waals surface area contributed by atoms with Crippen molar-refractivity contribution in [3.63, 3.8) is 0 Å². The summed E-state index contributed by atoms with van der Waals surface area (Å²) in [5.41, 5.74) is 3.63. The smallest absolute Gasteiger partial charge is 0.341 e. The topological polar surface area (TPSA) is 86.1 Å². The summed E-state index contributed by atoms with van der Waals surface area (Å²) in [6.07, 6.45) is 0.692. The molecule has 176 valence electrons. The first-order chi connectivity index (χ1) is 15.8. The van der Waals surface area contributed by atoms with Gasteiger partial charge in [0.05, 0.1) is 18.4 Å². The van der Waals surface area contributed by atoms with Gasteiger partial charge in [-0.3, -0.25) is 4.79 Å². The van der Waals surface area contributed by atoms with E-state index in [0.29, 0.717) is 34.6 Å². The molecule has 1 N–H and O–H groups in total. The van der Waals surface area contributed by atoms with Crippen molar-refractivity contribution in [2.75, 3.05) is 18.2 Å². The predicted molar refractivity (Wildman–Crippen MR) is 134 cm³/mol. The maximum atomic E-state index is 12.7. The number of aromatic nitrogens is 3. The van der Waals surface area contributed by atoms with E-state index in [1.807, 2.05) is 25.3 Å². The van der Waals surface area contributed by atoms with Gasteiger partial charge in [0.25, 0.3) is 0 Å². The molecule has 0 fully saturated rings. The van der Waals surface area contributed by atoms with Gasteiger partial charge < -0.3 is 14.6 Å². The van der Waals surface area contributed by atoms with Crippen LogP contribution >= 0.6 is 23.1 Å². The van der Waals surface area contributed by atoms with Crippen LogP contribution in [0.4, 0.5) is 5.00 Å². The molecule has 1 aromatic carbocycles. The third-order valence-corrected chi connectivity index (χ3v) is 7.44. The number of esters is 1. The molecular formula is C24H30N4O3S2. The highest BCUT2D eigenvalue weighted by Crippen LogP contribution is 2.34. The van der Waals surface area contributed by atoms with Crippen LogP contribution in [0.15, 0.2) is 29.4 Å². The lowest BCUT2D eigenvalue weighted by molar-refractivity contribution is -0.113. The van der Waals surface area contributed by atoms with Gasteiger partial charge in [-0.25, -0.2) is 4.79 Å². The fraction of sp³-hybridized carbons (Fsp3) is 0.417. The number of ether oxygens (including phenoxy) is 1. The minimum absolute atomic E-state index is 0.156. The monoisotopic (exact) mass is 486 g/mol. The predicted octanol–water partition coefficient (Wildman–Crippen LogP) is 5.54. The first-order valence-electron chi connectivity index (χ1n) is 11.0. The van der Waals surface area contributed by atoms with Gasteiger partial charge in [-0.15, -0.1) is 21.5 Å². The van der Waals surface area contributed by atoms with Crippen molar-refractivity contribution < 1.29 is 14.3 Å². The van der Waals surface area contributed by atoms with E-state index in [1.54, 1.807) is 0 Å². The number of carbonyl (C=O) groups is 2. The van der Waals surface area contributed by atoms with Crippen LogP contribution < -0.4 is 5.32 Å². The van der Waals surface area contributed by atoms with E-state index in [2.05, 4.69) is 53.6 Å². The van der Waals surface area contributed by atoms with Gasteiger partial charge in [-0.05, 0) is 37.3 Å². The number of methoxy groups -OCH3 is 1. The van der Waals surface area contributed by atoms with Crippen LogP contribution in [0.3, 0.4) is 0 Å². The summed E-state index contributed by atoms with van der Waals surface area (Å²) in [5.74, 6) is 0.766. The molecule has 2 aromatic heterocycles. The summed E-state index contributed by atoms with van der Waals surface area (Å²) in [5, 5.41) is 12.8. The second-order valence-corrected chi connectivity index (χ2v) is 10.0. The highest BCUT2D eigenvalue weighted by molar-refractivity contribution is 7.99. The van der Waals surface area contributed by atoms with Gasteiger partial charge in [-0.1, -0.05) is 56.8 Å². The summed E-state index contributed by atoms with van der Waals surface area (Å²) in [6, 6.07) is 8.35. The third kappa shape index (κ3) is 5.47. The summed E-state index contributed by atoms with van der Waals surface area (Å²) < 4.78 is 6.94. The van der Waals surface area contributed by atoms with Crippen LogP contribution in [0.1, 0.15) is 60.0 Å². The number of aryl methyl sites for hydroxylation is 1. The standard InChI is InChI=1S/C24H30N4O3S2/c1-7-18-15(5)33-22(20(18)23(30)31-6)25-19(29)13-32-24-27-26-21(28(24)8-2)17-11-9-16(10-12-17)14(3)4/h9-12,14H,7-8,13H2,1-6H3,(H,25,29). The molecule has 0 saturated carbocycles. The van der Waals surface area contributed by atoms with Crippen LogP contribution in [0, 0.1) is 6.92 Å². The van der Waals surface area contributed by atoms with Gasteiger partial charge in [0, 0.05) is 17.0 Å². The Morgan fingerprint density at radius 1 is 1.18 bits per heavy atom. The summed E-state index contributed by atoms with van der Waals surface area (Å²) in [7, 11) is 1.35. The molecule has 0 aliphatic rings. The molecule has 0 aliphatic carbocycles. The van der Waals surface area contributed by atoms with Crippen LogP contribution in [-0.4, -0.2) is 39.5 Å². The molecule has 0 radical (unpaired) electrons. The van der Waals surface area contributed by atoms with E-state index >= 15 is 0 Å². The largest absolute Gasteiger partial charge is 0.465 e. The minimum Gasteiger partial charge on any atom is -0.465 e. The molecule has 0 aliphatic heterocycles. The van der Waals surface area contributed by atoms with Crippen LogP contribution in [0.2, 0.25) is 0 Å². The Morgan fingerprint density at radius 2 is 1.88 bits per heavy atom. The van der Waals surface area contributed by atoms with Crippen molar-refractivity contribution in [3.05, 3.63) is 45.8 Å². The van der Waals surface area contributed by atoms with Gasteiger partial charge in [0.1, 0.15) is 5.00 Å². The molecule has 7 nitrogen and oxygen atoms in total. The summed E-state index contributed by atoms with van der Waals surface area (Å²) in [6.45, 7) is 11.0. The van der Waals surface area contributed by atoms with Crippen molar-refractivity contribution >= 4 is 40.0 Å². The fourth-order valence-corrected chi connectivity index (χ4v) is 5.57. The molecule has 0 bridgehead atoms. The average Bonchev–Trinajstić information content (AvgIpc) is 3.36. The summed E-state index contributed by atoms with van der Waals surface area (Å²) in [4.78, 5) is 26.0. The SMILES string of the molecule is CCc1c(C)sc(NC(=O)CSc2nnc(-c3ccc(C(C)C)cc3)n2CC)c1C(=O)OC. The first kappa shape index (κ1) is 25.0. The van der Waals surface area contributed by atoms with E-state index in [4.69, 9.17) is 4.74 Å². The van der Waals surface area contributed by atoms with Gasteiger partial charge >= 0.3 is 5.97 Å². The van der Waals surface area contributed by atoms with E-state index in [1.165, 1.54) is 35.8 Å². The van der Waals surface area contributed by atoms with Gasteiger partial charge in [0.2, 0.25) is 5.91 Å². The Kier molecular flexibility index (Phi) is 8.31. The number of nitrogens with zero attached hydrogens (tertiary/aromatic N) is 3. The zero-order valence-electron chi connectivity index (χ0n) is 19.9. The molecule has 9 heteroatoms. The van der Waals surface area contributed by atoms with E-state index in [9.17, 15) is 9.59 Å². The number of thiophene rings is 1. The zero-order chi connectivity index (χ0) is 24.1. The molecular weight excluding hydrogens is 456 g/mol. The van der Waals surface area contributed by atoms with Crippen LogP contribution in [0.5, 0.6) is 0 Å². The zero-order valence-corrected chi connectivity index (χ0v) is 21.5. The van der Waals surface area contributed by atoms with E-state index in [-0.39, 0.29) is 11.7 Å². The van der Waals surface area contributed by atoms with Crippen molar-refractivity contribution in [1.29, 1.82) is 0 Å². The average molecular weight is 487 g/mol. The van der Waals surface area contributed by atoms with Gasteiger partial charge in [0.15, 0.2) is 11.0 Å². The van der Waals surface area contributed by atoms with E-state index < -0.39 is 5.97 Å². The number of carbonyl (C=O) groups excluding carboxylic acids is 2. The molecule has 0 saturated heterocycles. The number of rotatable bonds is 9. The quantitative estimate of drug-likeness (QED) is 0.316.